The van der Waals surface area contributed by atoms with Gasteiger partial charge < -0.3 is 15.4 Å². The fourth-order valence-electron chi connectivity index (χ4n) is 2.87. The molecule has 0 aromatic carbocycles. The molecule has 0 saturated carbocycles. The Bertz CT molecular complexity index is 685. The molecule has 2 aromatic heterocycles. The Hall–Kier alpha value is -2.36. The van der Waals surface area contributed by atoms with Gasteiger partial charge in [-0.2, -0.15) is 0 Å². The standard InChI is InChI=1S/C17H25N7O2/c1-26-13-16(14-4-2-3-5-19-14)20-17(25)15-12-24(22-21-15)11-10-23-8-6-18-7-9-23/h2-5,12,16,18H,6-11,13H2,1H3,(H,20,25)/t16-/m0/s1. The number of hydrogen-bond acceptors (Lipinski definition) is 7. The number of carbonyl (C=O) groups excluding carboxylic acids is 1. The van der Waals surface area contributed by atoms with Crippen molar-refractivity contribution in [2.24, 2.45) is 0 Å². The van der Waals surface area contributed by atoms with Crippen molar-refractivity contribution in [3.05, 3.63) is 42.0 Å². The molecule has 26 heavy (non-hydrogen) atoms. The lowest BCUT2D eigenvalue weighted by molar-refractivity contribution is 0.0889. The van der Waals surface area contributed by atoms with Crippen LogP contribution in [0.1, 0.15) is 22.2 Å². The minimum absolute atomic E-state index is 0.286. The monoisotopic (exact) mass is 359 g/mol. The van der Waals surface area contributed by atoms with Crippen LogP contribution in [0, 0.1) is 0 Å². The Balaban J connectivity index is 1.56. The molecule has 0 unspecified atom stereocenters. The van der Waals surface area contributed by atoms with Gasteiger partial charge in [-0.25, -0.2) is 0 Å². The molecule has 0 radical (unpaired) electrons. The van der Waals surface area contributed by atoms with Crippen LogP contribution < -0.4 is 10.6 Å². The highest BCUT2D eigenvalue weighted by molar-refractivity contribution is 5.92. The molecule has 9 nitrogen and oxygen atoms in total. The molecule has 1 aliphatic heterocycles. The van der Waals surface area contributed by atoms with Crippen LogP contribution in [0.5, 0.6) is 0 Å². The van der Waals surface area contributed by atoms with Crippen LogP contribution in [0.15, 0.2) is 30.6 Å². The number of amides is 1. The normalized spacial score (nSPS) is 16.3. The average Bonchev–Trinajstić information content (AvgIpc) is 3.17. The highest BCUT2D eigenvalue weighted by Crippen LogP contribution is 2.10. The van der Waals surface area contributed by atoms with Crippen LogP contribution in [0.4, 0.5) is 0 Å². The van der Waals surface area contributed by atoms with Crippen molar-refractivity contribution in [1.82, 2.24) is 35.5 Å². The van der Waals surface area contributed by atoms with Crippen LogP contribution in [0.3, 0.4) is 0 Å². The number of piperazine rings is 1. The van der Waals surface area contributed by atoms with Gasteiger partial charge in [-0.15, -0.1) is 5.10 Å². The predicted molar refractivity (Wildman–Crippen MR) is 95.7 cm³/mol. The van der Waals surface area contributed by atoms with E-state index in [0.717, 1.165) is 38.4 Å². The number of nitrogens with zero attached hydrogens (tertiary/aromatic N) is 5. The molecular formula is C17H25N7O2. The van der Waals surface area contributed by atoms with Gasteiger partial charge >= 0.3 is 0 Å². The first-order chi connectivity index (χ1) is 12.8. The molecule has 1 fully saturated rings. The highest BCUT2D eigenvalue weighted by atomic mass is 16.5. The van der Waals surface area contributed by atoms with E-state index in [4.69, 9.17) is 4.74 Å². The smallest absolute Gasteiger partial charge is 0.274 e. The first-order valence-electron chi connectivity index (χ1n) is 8.80. The van der Waals surface area contributed by atoms with E-state index < -0.39 is 0 Å². The third kappa shape index (κ3) is 5.07. The summed E-state index contributed by atoms with van der Waals surface area (Å²) < 4.78 is 6.91. The van der Waals surface area contributed by atoms with E-state index in [2.05, 4.69) is 30.8 Å². The third-order valence-electron chi connectivity index (χ3n) is 4.31. The quantitative estimate of drug-likeness (QED) is 0.668. The van der Waals surface area contributed by atoms with Gasteiger partial charge in [0.05, 0.1) is 31.1 Å². The molecule has 0 bridgehead atoms. The van der Waals surface area contributed by atoms with Crippen molar-refractivity contribution in [2.45, 2.75) is 12.6 Å². The van der Waals surface area contributed by atoms with Gasteiger partial charge in [-0.3, -0.25) is 19.4 Å². The van der Waals surface area contributed by atoms with Crippen LogP contribution in [0.25, 0.3) is 0 Å². The zero-order valence-electron chi connectivity index (χ0n) is 15.0. The maximum Gasteiger partial charge on any atom is 0.274 e. The van der Waals surface area contributed by atoms with Gasteiger partial charge in [0.25, 0.3) is 5.91 Å². The fraction of sp³-hybridized carbons (Fsp3) is 0.529. The van der Waals surface area contributed by atoms with E-state index in [1.807, 2.05) is 18.2 Å². The van der Waals surface area contributed by atoms with Gasteiger partial charge in [-0.1, -0.05) is 11.3 Å². The summed E-state index contributed by atoms with van der Waals surface area (Å²) in [6.45, 7) is 6.03. The van der Waals surface area contributed by atoms with Crippen molar-refractivity contribution in [3.8, 4) is 0 Å². The Morgan fingerprint density at radius 2 is 2.19 bits per heavy atom. The zero-order valence-corrected chi connectivity index (χ0v) is 15.0. The first-order valence-corrected chi connectivity index (χ1v) is 8.80. The molecule has 9 heteroatoms. The minimum Gasteiger partial charge on any atom is -0.382 e. The molecule has 2 N–H and O–H groups in total. The highest BCUT2D eigenvalue weighted by Gasteiger charge is 2.19. The molecule has 1 aliphatic rings. The molecular weight excluding hydrogens is 334 g/mol. The Morgan fingerprint density at radius 3 is 2.92 bits per heavy atom. The summed E-state index contributed by atoms with van der Waals surface area (Å²) in [6, 6.07) is 5.23. The lowest BCUT2D eigenvalue weighted by Crippen LogP contribution is -2.44. The third-order valence-corrected chi connectivity index (χ3v) is 4.31. The summed E-state index contributed by atoms with van der Waals surface area (Å²) in [6.07, 6.45) is 3.37. The second-order valence-corrected chi connectivity index (χ2v) is 6.19. The molecule has 0 aliphatic carbocycles. The lowest BCUT2D eigenvalue weighted by Gasteiger charge is -2.26. The molecule has 1 saturated heterocycles. The van der Waals surface area contributed by atoms with E-state index >= 15 is 0 Å². The van der Waals surface area contributed by atoms with Gasteiger partial charge in [0.2, 0.25) is 0 Å². The van der Waals surface area contributed by atoms with E-state index in [1.165, 1.54) is 0 Å². The van der Waals surface area contributed by atoms with Crippen molar-refractivity contribution in [3.63, 3.8) is 0 Å². The summed E-state index contributed by atoms with van der Waals surface area (Å²) in [7, 11) is 1.59. The van der Waals surface area contributed by atoms with E-state index in [1.54, 1.807) is 24.2 Å². The number of hydrogen-bond donors (Lipinski definition) is 2. The van der Waals surface area contributed by atoms with E-state index in [9.17, 15) is 4.79 Å². The molecule has 0 spiro atoms. The maximum absolute atomic E-state index is 12.5. The van der Waals surface area contributed by atoms with Crippen LogP contribution in [0.2, 0.25) is 0 Å². The molecule has 2 aromatic rings. The van der Waals surface area contributed by atoms with Crippen molar-refractivity contribution in [2.75, 3.05) is 46.4 Å². The minimum atomic E-state index is -0.334. The molecule has 1 amide bonds. The average molecular weight is 359 g/mol. The Kier molecular flexibility index (Phi) is 6.64. The van der Waals surface area contributed by atoms with E-state index in [-0.39, 0.29) is 11.9 Å². The number of rotatable bonds is 8. The summed E-state index contributed by atoms with van der Waals surface area (Å²) in [5.41, 5.74) is 1.04. The van der Waals surface area contributed by atoms with Crippen LogP contribution in [-0.4, -0.2) is 77.2 Å². The number of methoxy groups -OCH3 is 1. The molecule has 140 valence electrons. The van der Waals surface area contributed by atoms with Gasteiger partial charge in [0, 0.05) is 46.0 Å². The number of ether oxygens (including phenoxy) is 1. The SMILES string of the molecule is COC[C@H](NC(=O)c1cn(CCN2CCNCC2)nn1)c1ccccn1. The number of nitrogens with one attached hydrogen (secondary N) is 2. The van der Waals surface area contributed by atoms with Crippen molar-refractivity contribution < 1.29 is 9.53 Å². The van der Waals surface area contributed by atoms with Gasteiger partial charge in [0.1, 0.15) is 0 Å². The van der Waals surface area contributed by atoms with Crippen molar-refractivity contribution in [1.29, 1.82) is 0 Å². The van der Waals surface area contributed by atoms with Crippen LogP contribution in [-0.2, 0) is 11.3 Å². The van der Waals surface area contributed by atoms with Gasteiger partial charge in [-0.05, 0) is 12.1 Å². The number of pyridine rings is 1. The second-order valence-electron chi connectivity index (χ2n) is 6.19. The van der Waals surface area contributed by atoms with Crippen LogP contribution >= 0.6 is 0 Å². The topological polar surface area (TPSA) is 97.2 Å². The number of carbonyl (C=O) groups is 1. The lowest BCUT2D eigenvalue weighted by atomic mass is 10.2. The van der Waals surface area contributed by atoms with E-state index in [0.29, 0.717) is 18.8 Å². The van der Waals surface area contributed by atoms with Gasteiger partial charge in [0.15, 0.2) is 5.69 Å². The number of aromatic nitrogens is 4. The summed E-state index contributed by atoms with van der Waals surface area (Å²) in [5, 5.41) is 14.3. The second kappa shape index (κ2) is 9.37. The molecule has 3 rings (SSSR count). The molecule has 3 heterocycles. The summed E-state index contributed by atoms with van der Waals surface area (Å²) in [4.78, 5) is 19.1. The Labute approximate surface area is 152 Å². The molecule has 1 atom stereocenters. The first kappa shape index (κ1) is 18.4. The Morgan fingerprint density at radius 1 is 1.35 bits per heavy atom. The van der Waals surface area contributed by atoms with Crippen molar-refractivity contribution >= 4 is 5.91 Å². The zero-order chi connectivity index (χ0) is 18.2. The largest absolute Gasteiger partial charge is 0.382 e. The maximum atomic E-state index is 12.5. The predicted octanol–water partition coefficient (Wildman–Crippen LogP) is -0.304. The fourth-order valence-corrected chi connectivity index (χ4v) is 2.87. The summed E-state index contributed by atoms with van der Waals surface area (Å²) >= 11 is 0. The summed E-state index contributed by atoms with van der Waals surface area (Å²) in [5.74, 6) is -0.286.